The fourth-order valence-electron chi connectivity index (χ4n) is 2.50. The van der Waals surface area contributed by atoms with Crippen molar-refractivity contribution in [2.24, 2.45) is 0 Å². The smallest absolute Gasteiger partial charge is 0.293 e. The van der Waals surface area contributed by atoms with Gasteiger partial charge in [-0.1, -0.05) is 18.2 Å². The van der Waals surface area contributed by atoms with Crippen LogP contribution in [0.3, 0.4) is 0 Å². The number of imide groups is 1. The van der Waals surface area contributed by atoms with Crippen molar-refractivity contribution in [3.8, 4) is 11.5 Å². The van der Waals surface area contributed by atoms with Crippen LogP contribution in [0.25, 0.3) is 6.08 Å². The van der Waals surface area contributed by atoms with Crippen molar-refractivity contribution < 1.29 is 19.1 Å². The van der Waals surface area contributed by atoms with Crippen LogP contribution in [-0.4, -0.2) is 30.3 Å². The number of rotatable bonds is 5. The topological polar surface area (TPSA) is 55.8 Å². The number of methoxy groups -OCH3 is 2. The molecule has 1 saturated heterocycles. The van der Waals surface area contributed by atoms with Gasteiger partial charge in [-0.25, -0.2) is 0 Å². The SMILES string of the molecule is COc1ccc(/C=C2/SC(=O)N(Cc3ccc(I)cc3)C2=O)cc1OC. The Morgan fingerprint density at radius 3 is 2.38 bits per heavy atom. The predicted molar refractivity (Wildman–Crippen MR) is 110 cm³/mol. The highest BCUT2D eigenvalue weighted by molar-refractivity contribution is 14.1. The Kier molecular flexibility index (Phi) is 5.87. The Morgan fingerprint density at radius 1 is 1.04 bits per heavy atom. The second kappa shape index (κ2) is 8.13. The van der Waals surface area contributed by atoms with Gasteiger partial charge in [0, 0.05) is 3.57 Å². The van der Waals surface area contributed by atoms with Crippen LogP contribution in [0.15, 0.2) is 47.4 Å². The number of carbonyl (C=O) groups is 2. The number of thioether (sulfide) groups is 1. The van der Waals surface area contributed by atoms with Crippen LogP contribution in [0.4, 0.5) is 4.79 Å². The fraction of sp³-hybridized carbons (Fsp3) is 0.158. The summed E-state index contributed by atoms with van der Waals surface area (Å²) in [4.78, 5) is 26.5. The van der Waals surface area contributed by atoms with Gasteiger partial charge in [-0.15, -0.1) is 0 Å². The molecule has 26 heavy (non-hydrogen) atoms. The largest absolute Gasteiger partial charge is 0.493 e. The average molecular weight is 481 g/mol. The fourth-order valence-corrected chi connectivity index (χ4v) is 3.70. The molecule has 0 spiro atoms. The molecule has 0 N–H and O–H groups in total. The van der Waals surface area contributed by atoms with Gasteiger partial charge in [0.2, 0.25) is 0 Å². The van der Waals surface area contributed by atoms with Crippen LogP contribution in [0.2, 0.25) is 0 Å². The van der Waals surface area contributed by atoms with E-state index in [9.17, 15) is 9.59 Å². The lowest BCUT2D eigenvalue weighted by Gasteiger charge is -2.12. The van der Waals surface area contributed by atoms with Gasteiger partial charge >= 0.3 is 0 Å². The van der Waals surface area contributed by atoms with Gasteiger partial charge in [-0.05, 0) is 75.8 Å². The zero-order valence-electron chi connectivity index (χ0n) is 14.2. The predicted octanol–water partition coefficient (Wildman–Crippen LogP) is 4.54. The van der Waals surface area contributed by atoms with Crippen LogP contribution in [0.5, 0.6) is 11.5 Å². The van der Waals surface area contributed by atoms with Crippen molar-refractivity contribution in [1.82, 2.24) is 4.90 Å². The van der Waals surface area contributed by atoms with Crippen LogP contribution in [0.1, 0.15) is 11.1 Å². The summed E-state index contributed by atoms with van der Waals surface area (Å²) in [5.41, 5.74) is 1.68. The summed E-state index contributed by atoms with van der Waals surface area (Å²) in [5, 5.41) is -0.264. The third kappa shape index (κ3) is 4.04. The number of halogens is 1. The van der Waals surface area contributed by atoms with Crippen LogP contribution < -0.4 is 9.47 Å². The molecule has 0 atom stereocenters. The molecule has 1 aliphatic rings. The van der Waals surface area contributed by atoms with Crippen molar-refractivity contribution in [3.63, 3.8) is 0 Å². The molecule has 0 bridgehead atoms. The molecule has 0 radical (unpaired) electrons. The Labute approximate surface area is 169 Å². The van der Waals surface area contributed by atoms with Crippen molar-refractivity contribution in [3.05, 3.63) is 62.1 Å². The molecule has 1 aliphatic heterocycles. The molecular weight excluding hydrogens is 465 g/mol. The number of amides is 2. The quantitative estimate of drug-likeness (QED) is 0.464. The summed E-state index contributed by atoms with van der Waals surface area (Å²) in [7, 11) is 3.12. The number of hydrogen-bond donors (Lipinski definition) is 0. The molecule has 0 aromatic heterocycles. The Morgan fingerprint density at radius 2 is 1.73 bits per heavy atom. The minimum absolute atomic E-state index is 0.264. The Bertz CT molecular complexity index is 880. The number of carbonyl (C=O) groups excluding carboxylic acids is 2. The number of ether oxygens (including phenoxy) is 2. The Hall–Kier alpha value is -2.00. The van der Waals surface area contributed by atoms with Crippen LogP contribution >= 0.6 is 34.4 Å². The summed E-state index contributed by atoms with van der Waals surface area (Å²) in [6.45, 7) is 0.269. The molecule has 5 nitrogen and oxygen atoms in total. The monoisotopic (exact) mass is 481 g/mol. The Balaban J connectivity index is 1.81. The molecular formula is C19H16INO4S. The summed E-state index contributed by atoms with van der Waals surface area (Å²) >= 11 is 3.16. The number of benzene rings is 2. The van der Waals surface area contributed by atoms with Crippen LogP contribution in [0, 0.1) is 3.57 Å². The third-order valence-electron chi connectivity index (χ3n) is 3.83. The van der Waals surface area contributed by atoms with Gasteiger partial charge in [0.05, 0.1) is 25.7 Å². The highest BCUT2D eigenvalue weighted by atomic mass is 127. The second-order valence-corrected chi connectivity index (χ2v) is 7.75. The van der Waals surface area contributed by atoms with Gasteiger partial charge in [0.25, 0.3) is 11.1 Å². The van der Waals surface area contributed by atoms with Gasteiger partial charge < -0.3 is 9.47 Å². The van der Waals surface area contributed by atoms with E-state index in [0.29, 0.717) is 16.4 Å². The zero-order valence-corrected chi connectivity index (χ0v) is 17.2. The standard InChI is InChI=1S/C19H16INO4S/c1-24-15-8-5-13(9-16(15)25-2)10-17-18(22)21(19(23)26-17)11-12-3-6-14(20)7-4-12/h3-10H,11H2,1-2H3/b17-10+. The maximum absolute atomic E-state index is 12.6. The molecule has 7 heteroatoms. The molecule has 2 aromatic rings. The molecule has 134 valence electrons. The molecule has 2 amide bonds. The van der Waals surface area contributed by atoms with E-state index in [-0.39, 0.29) is 17.7 Å². The van der Waals surface area contributed by atoms with Crippen molar-refractivity contribution >= 4 is 51.6 Å². The van der Waals surface area contributed by atoms with Crippen molar-refractivity contribution in [1.29, 1.82) is 0 Å². The van der Waals surface area contributed by atoms with E-state index in [4.69, 9.17) is 9.47 Å². The first kappa shape index (κ1) is 18.8. The first-order chi connectivity index (χ1) is 12.5. The summed E-state index contributed by atoms with van der Waals surface area (Å²) in [6.07, 6.45) is 1.70. The second-order valence-electron chi connectivity index (χ2n) is 5.51. The molecule has 0 saturated carbocycles. The first-order valence-corrected chi connectivity index (χ1v) is 9.63. The minimum atomic E-state index is -0.284. The van der Waals surface area contributed by atoms with E-state index in [0.717, 1.165) is 26.5 Å². The zero-order chi connectivity index (χ0) is 18.7. The van der Waals surface area contributed by atoms with Gasteiger partial charge in [0.1, 0.15) is 0 Å². The summed E-state index contributed by atoms with van der Waals surface area (Å²) in [5.74, 6) is 0.893. The molecule has 3 rings (SSSR count). The van der Waals surface area contributed by atoms with Gasteiger partial charge in [-0.2, -0.15) is 0 Å². The van der Waals surface area contributed by atoms with Crippen LogP contribution in [-0.2, 0) is 11.3 Å². The average Bonchev–Trinajstić information content (AvgIpc) is 2.90. The van der Waals surface area contributed by atoms with E-state index in [2.05, 4.69) is 22.6 Å². The lowest BCUT2D eigenvalue weighted by atomic mass is 10.1. The number of hydrogen-bond acceptors (Lipinski definition) is 5. The summed E-state index contributed by atoms with van der Waals surface area (Å²) in [6, 6.07) is 13.1. The van der Waals surface area contributed by atoms with Crippen molar-refractivity contribution in [2.45, 2.75) is 6.54 Å². The van der Waals surface area contributed by atoms with Gasteiger partial charge in [-0.3, -0.25) is 14.5 Å². The maximum Gasteiger partial charge on any atom is 0.293 e. The first-order valence-electron chi connectivity index (χ1n) is 7.73. The molecule has 2 aromatic carbocycles. The normalized spacial score (nSPS) is 15.7. The highest BCUT2D eigenvalue weighted by Crippen LogP contribution is 2.35. The van der Waals surface area contributed by atoms with E-state index in [1.807, 2.05) is 30.3 Å². The van der Waals surface area contributed by atoms with E-state index in [1.54, 1.807) is 32.4 Å². The van der Waals surface area contributed by atoms with E-state index in [1.165, 1.54) is 4.90 Å². The molecule has 1 fully saturated rings. The molecule has 0 unspecified atom stereocenters. The third-order valence-corrected chi connectivity index (χ3v) is 5.46. The van der Waals surface area contributed by atoms with Gasteiger partial charge in [0.15, 0.2) is 11.5 Å². The summed E-state index contributed by atoms with van der Waals surface area (Å²) < 4.78 is 11.6. The minimum Gasteiger partial charge on any atom is -0.493 e. The molecule has 1 heterocycles. The lowest BCUT2D eigenvalue weighted by molar-refractivity contribution is -0.123. The van der Waals surface area contributed by atoms with E-state index >= 15 is 0 Å². The lowest BCUT2D eigenvalue weighted by Crippen LogP contribution is -2.27. The number of nitrogens with zero attached hydrogens (tertiary/aromatic N) is 1. The maximum atomic E-state index is 12.6. The van der Waals surface area contributed by atoms with E-state index < -0.39 is 0 Å². The van der Waals surface area contributed by atoms with Crippen molar-refractivity contribution in [2.75, 3.05) is 14.2 Å². The highest BCUT2D eigenvalue weighted by Gasteiger charge is 2.35. The molecule has 0 aliphatic carbocycles.